The molecule has 160 valence electrons. The van der Waals surface area contributed by atoms with E-state index in [0.29, 0.717) is 17.1 Å². The molecule has 1 aliphatic carbocycles. The summed E-state index contributed by atoms with van der Waals surface area (Å²) in [4.78, 5) is 25.6. The molecule has 9 heteroatoms. The molecule has 1 fully saturated rings. The Bertz CT molecular complexity index is 885. The van der Waals surface area contributed by atoms with Crippen LogP contribution in [0, 0.1) is 0 Å². The molecular weight excluding hydrogens is 384 g/mol. The Balaban J connectivity index is 1.57. The highest BCUT2D eigenvalue weighted by Crippen LogP contribution is 2.35. The summed E-state index contributed by atoms with van der Waals surface area (Å²) < 4.78 is 5.61. The van der Waals surface area contributed by atoms with Gasteiger partial charge in [0.25, 0.3) is 0 Å². The number of nitrogens with zero attached hydrogens (tertiary/aromatic N) is 3. The number of aromatic nitrogens is 2. The van der Waals surface area contributed by atoms with Crippen LogP contribution in [-0.2, 0) is 4.84 Å². The maximum atomic E-state index is 12.4. The van der Waals surface area contributed by atoms with E-state index in [1.165, 1.54) is 19.7 Å². The molecule has 1 aliphatic rings. The fraction of sp³-hybridized carbons (Fsp3) is 0.429. The van der Waals surface area contributed by atoms with Crippen molar-refractivity contribution < 1.29 is 14.4 Å². The molecule has 1 aromatic heterocycles. The molecule has 2 aromatic rings. The van der Waals surface area contributed by atoms with Crippen LogP contribution in [0.2, 0.25) is 0 Å². The number of hydrogen-bond acceptors (Lipinski definition) is 7. The zero-order valence-corrected chi connectivity index (χ0v) is 17.5. The summed E-state index contributed by atoms with van der Waals surface area (Å²) in [5.74, 6) is 1.29. The fourth-order valence-electron chi connectivity index (χ4n) is 3.59. The van der Waals surface area contributed by atoms with Gasteiger partial charge in [-0.2, -0.15) is 0 Å². The Hall–Kier alpha value is -3.36. The molecule has 1 heterocycles. The first-order valence-corrected chi connectivity index (χ1v) is 9.97. The predicted octanol–water partition coefficient (Wildman–Crippen LogP) is 3.28. The van der Waals surface area contributed by atoms with E-state index >= 15 is 0 Å². The minimum Gasteiger partial charge on any atom is -0.491 e. The van der Waals surface area contributed by atoms with Crippen molar-refractivity contribution in [1.29, 1.82) is 0 Å². The van der Waals surface area contributed by atoms with Crippen LogP contribution >= 0.6 is 0 Å². The van der Waals surface area contributed by atoms with Crippen LogP contribution in [0.5, 0.6) is 5.75 Å². The average Bonchev–Trinajstić information content (AvgIpc) is 3.16. The molecule has 2 unspecified atom stereocenters. The van der Waals surface area contributed by atoms with Crippen LogP contribution in [0.1, 0.15) is 50.3 Å². The molecular formula is C21H28N6O3. The summed E-state index contributed by atoms with van der Waals surface area (Å²) in [6.45, 7) is 3.94. The van der Waals surface area contributed by atoms with E-state index in [2.05, 4.69) is 25.8 Å². The summed E-state index contributed by atoms with van der Waals surface area (Å²) in [5.41, 5.74) is 8.18. The quantitative estimate of drug-likeness (QED) is 0.474. The maximum Gasteiger partial charge on any atom is 0.319 e. The first-order valence-electron chi connectivity index (χ1n) is 9.97. The largest absolute Gasteiger partial charge is 0.491 e. The molecule has 3 rings (SSSR count). The number of amides is 2. The predicted molar refractivity (Wildman–Crippen MR) is 116 cm³/mol. The molecule has 4 N–H and O–H groups in total. The van der Waals surface area contributed by atoms with Gasteiger partial charge in [0, 0.05) is 17.6 Å². The maximum absolute atomic E-state index is 12.4. The second-order valence-corrected chi connectivity index (χ2v) is 7.47. The van der Waals surface area contributed by atoms with E-state index in [1.807, 2.05) is 38.1 Å². The van der Waals surface area contributed by atoms with Gasteiger partial charge in [0.15, 0.2) is 0 Å². The molecule has 2 amide bonds. The number of urea groups is 1. The van der Waals surface area contributed by atoms with E-state index in [1.54, 1.807) is 0 Å². The minimum atomic E-state index is -0.235. The van der Waals surface area contributed by atoms with E-state index in [-0.39, 0.29) is 24.1 Å². The Morgan fingerprint density at radius 3 is 2.73 bits per heavy atom. The third-order valence-corrected chi connectivity index (χ3v) is 4.87. The van der Waals surface area contributed by atoms with Crippen LogP contribution in [0.3, 0.4) is 0 Å². The van der Waals surface area contributed by atoms with Crippen molar-refractivity contribution in [3.63, 3.8) is 0 Å². The lowest BCUT2D eigenvalue weighted by Gasteiger charge is -2.16. The average molecular weight is 412 g/mol. The summed E-state index contributed by atoms with van der Waals surface area (Å²) in [5, 5.41) is 9.70. The van der Waals surface area contributed by atoms with Gasteiger partial charge in [-0.15, -0.1) is 0 Å². The number of anilines is 2. The van der Waals surface area contributed by atoms with Crippen molar-refractivity contribution >= 4 is 23.8 Å². The van der Waals surface area contributed by atoms with Crippen LogP contribution in [0.25, 0.3) is 0 Å². The van der Waals surface area contributed by atoms with Gasteiger partial charge in [-0.25, -0.2) is 14.8 Å². The van der Waals surface area contributed by atoms with E-state index in [4.69, 9.17) is 15.3 Å². The van der Waals surface area contributed by atoms with Crippen molar-refractivity contribution in [1.82, 2.24) is 15.3 Å². The van der Waals surface area contributed by atoms with Crippen LogP contribution in [0.15, 0.2) is 35.7 Å². The van der Waals surface area contributed by atoms with Gasteiger partial charge >= 0.3 is 6.03 Å². The Morgan fingerprint density at radius 2 is 2.03 bits per heavy atom. The summed E-state index contributed by atoms with van der Waals surface area (Å²) in [6, 6.07) is 7.12. The lowest BCUT2D eigenvalue weighted by molar-refractivity contribution is 0.215. The Morgan fingerprint density at radius 1 is 1.27 bits per heavy atom. The number of benzene rings is 1. The first kappa shape index (κ1) is 21.4. The van der Waals surface area contributed by atoms with Gasteiger partial charge in [0.1, 0.15) is 25.0 Å². The molecule has 30 heavy (non-hydrogen) atoms. The number of hydrogen-bond donors (Lipinski definition) is 3. The molecule has 1 aromatic carbocycles. The van der Waals surface area contributed by atoms with Crippen molar-refractivity contribution in [3.05, 3.63) is 41.9 Å². The second kappa shape index (κ2) is 9.91. The molecule has 1 saturated carbocycles. The topological polar surface area (TPSA) is 124 Å². The van der Waals surface area contributed by atoms with Crippen LogP contribution < -0.4 is 21.1 Å². The van der Waals surface area contributed by atoms with Gasteiger partial charge < -0.3 is 25.9 Å². The standard InChI is InChI=1S/C21H28N6O3/c1-13(2)30-17-8-6-15(7-9-17)26-21(28)27-16-5-4-14(10-16)19-18(11-25-29-3)20(22)24-12-23-19/h6-9,11-14,16H,4-5,10H2,1-3H3,(H2,22,23,24)(H2,26,27,28)/b25-11+. The number of nitrogen functional groups attached to an aromatic ring is 1. The van der Waals surface area contributed by atoms with E-state index in [9.17, 15) is 4.79 Å². The van der Waals surface area contributed by atoms with Crippen LogP contribution in [-0.4, -0.2) is 41.5 Å². The molecule has 9 nitrogen and oxygen atoms in total. The number of nitrogens with one attached hydrogen (secondary N) is 2. The zero-order chi connectivity index (χ0) is 21.5. The monoisotopic (exact) mass is 412 g/mol. The summed E-state index contributed by atoms with van der Waals surface area (Å²) >= 11 is 0. The van der Waals surface area contributed by atoms with Gasteiger partial charge in [0.2, 0.25) is 0 Å². The minimum absolute atomic E-state index is 0.0435. The van der Waals surface area contributed by atoms with E-state index in [0.717, 1.165) is 30.7 Å². The smallest absolute Gasteiger partial charge is 0.319 e. The highest BCUT2D eigenvalue weighted by molar-refractivity contribution is 5.89. The molecule has 0 bridgehead atoms. The third-order valence-electron chi connectivity index (χ3n) is 4.87. The number of nitrogens with two attached hydrogens (primary N) is 1. The Kier molecular flexibility index (Phi) is 7.05. The second-order valence-electron chi connectivity index (χ2n) is 7.47. The zero-order valence-electron chi connectivity index (χ0n) is 17.5. The van der Waals surface area contributed by atoms with Gasteiger partial charge in [0.05, 0.1) is 23.6 Å². The lowest BCUT2D eigenvalue weighted by Crippen LogP contribution is -2.36. The normalized spacial score (nSPS) is 18.5. The Labute approximate surface area is 176 Å². The van der Waals surface area contributed by atoms with Crippen molar-refractivity contribution in [2.45, 2.75) is 51.2 Å². The van der Waals surface area contributed by atoms with Gasteiger partial charge in [-0.3, -0.25) is 0 Å². The SMILES string of the molecule is CO/N=C/c1c(N)ncnc1C1CCC(NC(=O)Nc2ccc(OC(C)C)cc2)C1. The number of ether oxygens (including phenoxy) is 1. The lowest BCUT2D eigenvalue weighted by atomic mass is 9.99. The van der Waals surface area contributed by atoms with Crippen molar-refractivity contribution in [2.75, 3.05) is 18.2 Å². The highest BCUT2D eigenvalue weighted by atomic mass is 16.6. The number of oxime groups is 1. The third kappa shape index (κ3) is 5.59. The molecule has 0 radical (unpaired) electrons. The van der Waals surface area contributed by atoms with Crippen LogP contribution in [0.4, 0.5) is 16.3 Å². The number of carbonyl (C=O) groups excluding carboxylic acids is 1. The fourth-order valence-corrected chi connectivity index (χ4v) is 3.59. The highest BCUT2D eigenvalue weighted by Gasteiger charge is 2.30. The van der Waals surface area contributed by atoms with Crippen molar-refractivity contribution in [3.8, 4) is 5.75 Å². The number of rotatable bonds is 7. The summed E-state index contributed by atoms with van der Waals surface area (Å²) in [7, 11) is 1.47. The first-order chi connectivity index (χ1) is 14.5. The van der Waals surface area contributed by atoms with Crippen molar-refractivity contribution in [2.24, 2.45) is 5.16 Å². The van der Waals surface area contributed by atoms with E-state index < -0.39 is 0 Å². The number of carbonyl (C=O) groups is 1. The summed E-state index contributed by atoms with van der Waals surface area (Å²) in [6.07, 6.45) is 5.59. The molecule has 0 aliphatic heterocycles. The molecule has 2 atom stereocenters. The van der Waals surface area contributed by atoms with Gasteiger partial charge in [-0.05, 0) is 57.4 Å². The molecule has 0 spiro atoms. The van der Waals surface area contributed by atoms with Gasteiger partial charge in [-0.1, -0.05) is 5.16 Å². The molecule has 0 saturated heterocycles.